The van der Waals surface area contributed by atoms with Gasteiger partial charge in [-0.3, -0.25) is 9.36 Å². The first-order chi connectivity index (χ1) is 13.0. The Bertz CT molecular complexity index is 1130. The van der Waals surface area contributed by atoms with E-state index in [-0.39, 0.29) is 32.2 Å². The number of hydrogen-bond acceptors (Lipinski definition) is 3. The Morgan fingerprint density at radius 1 is 1.07 bits per heavy atom. The minimum absolute atomic E-state index is 0.0224. The molecule has 0 saturated heterocycles. The molecule has 1 aromatic carbocycles. The number of halogens is 7. The van der Waals surface area contributed by atoms with Crippen molar-refractivity contribution in [2.45, 2.75) is 38.2 Å². The third-order valence-corrected chi connectivity index (χ3v) is 4.76. The van der Waals surface area contributed by atoms with Gasteiger partial charge in [-0.15, -0.1) is 0 Å². The molecular formula is C17H13ClF6N2O3. The van der Waals surface area contributed by atoms with Gasteiger partial charge in [-0.1, -0.05) is 11.6 Å². The van der Waals surface area contributed by atoms with E-state index in [1.54, 1.807) is 13.8 Å². The van der Waals surface area contributed by atoms with Gasteiger partial charge in [0.05, 0.1) is 5.56 Å². The molecule has 158 valence electrons. The van der Waals surface area contributed by atoms with Crippen molar-refractivity contribution in [2.24, 2.45) is 7.05 Å². The molecule has 0 unspecified atom stereocenters. The fraction of sp³-hybridized carbons (Fsp3) is 0.412. The number of hydrogen-bond donors (Lipinski definition) is 0. The fourth-order valence-corrected chi connectivity index (χ4v) is 3.47. The van der Waals surface area contributed by atoms with E-state index in [0.717, 1.165) is 0 Å². The van der Waals surface area contributed by atoms with Crippen LogP contribution in [0.1, 0.15) is 30.7 Å². The van der Waals surface area contributed by atoms with E-state index in [4.69, 9.17) is 16.3 Å². The summed E-state index contributed by atoms with van der Waals surface area (Å²) >= 11 is 5.96. The summed E-state index contributed by atoms with van der Waals surface area (Å²) < 4.78 is 85.8. The molecule has 1 aliphatic heterocycles. The predicted octanol–water partition coefficient (Wildman–Crippen LogP) is 3.94. The van der Waals surface area contributed by atoms with Gasteiger partial charge in [0.25, 0.3) is 5.56 Å². The van der Waals surface area contributed by atoms with Crippen LogP contribution in [0.4, 0.5) is 26.3 Å². The van der Waals surface area contributed by atoms with Crippen molar-refractivity contribution >= 4 is 11.6 Å². The molecule has 0 radical (unpaired) electrons. The molecule has 12 heteroatoms. The molecular weight excluding hydrogens is 430 g/mol. The second-order valence-corrected chi connectivity index (χ2v) is 7.55. The van der Waals surface area contributed by atoms with Crippen molar-refractivity contribution in [3.63, 3.8) is 0 Å². The molecule has 5 nitrogen and oxygen atoms in total. The van der Waals surface area contributed by atoms with E-state index >= 15 is 0 Å². The number of rotatable bonds is 1. The third-order valence-electron chi connectivity index (χ3n) is 4.42. The van der Waals surface area contributed by atoms with E-state index in [1.807, 2.05) is 0 Å². The van der Waals surface area contributed by atoms with Crippen LogP contribution in [-0.2, 0) is 25.8 Å². The van der Waals surface area contributed by atoms with E-state index in [1.165, 1.54) is 0 Å². The maximum Gasteiger partial charge on any atom is 0.431 e. The maximum absolute atomic E-state index is 13.7. The molecule has 3 rings (SSSR count). The van der Waals surface area contributed by atoms with Gasteiger partial charge < -0.3 is 4.74 Å². The zero-order valence-corrected chi connectivity index (χ0v) is 15.9. The summed E-state index contributed by atoms with van der Waals surface area (Å²) in [7, 11) is 0.704. The topological polar surface area (TPSA) is 53.2 Å². The molecule has 1 aromatic heterocycles. The van der Waals surface area contributed by atoms with Crippen LogP contribution in [0, 0.1) is 0 Å². The van der Waals surface area contributed by atoms with Gasteiger partial charge in [0.15, 0.2) is 0 Å². The molecule has 0 fully saturated rings. The molecule has 0 N–H and O–H groups in total. The number of aromatic nitrogens is 2. The highest BCUT2D eigenvalue weighted by atomic mass is 35.5. The normalized spacial score (nSPS) is 15.9. The highest BCUT2D eigenvalue weighted by Crippen LogP contribution is 2.48. The highest BCUT2D eigenvalue weighted by Gasteiger charge is 2.43. The van der Waals surface area contributed by atoms with Crippen molar-refractivity contribution in [1.29, 1.82) is 0 Å². The van der Waals surface area contributed by atoms with Crippen LogP contribution in [0.15, 0.2) is 21.7 Å². The van der Waals surface area contributed by atoms with Crippen LogP contribution in [-0.4, -0.2) is 14.7 Å². The number of fused-ring (bicyclic) bond motifs is 1. The molecule has 0 aliphatic carbocycles. The number of benzene rings is 1. The molecule has 0 atom stereocenters. The van der Waals surface area contributed by atoms with Crippen LogP contribution in [0.3, 0.4) is 0 Å². The van der Waals surface area contributed by atoms with Gasteiger partial charge in [0.1, 0.15) is 22.7 Å². The SMILES string of the molecule is Cn1c(C(F)(F)F)cc(=O)n(-c2c(C(F)(F)F)cc(Cl)c3c2OC(C)(C)C3)c1=O. The van der Waals surface area contributed by atoms with E-state index < -0.39 is 51.9 Å². The second kappa shape index (κ2) is 6.28. The first-order valence-electron chi connectivity index (χ1n) is 8.07. The summed E-state index contributed by atoms with van der Waals surface area (Å²) in [6.07, 6.45) is -10.1. The number of alkyl halides is 6. The van der Waals surface area contributed by atoms with Gasteiger partial charge in [0, 0.05) is 30.1 Å². The Kier molecular flexibility index (Phi) is 4.61. The molecule has 0 amide bonds. The van der Waals surface area contributed by atoms with E-state index in [0.29, 0.717) is 13.1 Å². The average molecular weight is 443 g/mol. The van der Waals surface area contributed by atoms with Crippen molar-refractivity contribution in [2.75, 3.05) is 0 Å². The van der Waals surface area contributed by atoms with Crippen molar-refractivity contribution in [3.05, 3.63) is 54.8 Å². The lowest BCUT2D eigenvalue weighted by molar-refractivity contribution is -0.144. The first-order valence-corrected chi connectivity index (χ1v) is 8.44. The molecule has 2 heterocycles. The largest absolute Gasteiger partial charge is 0.485 e. The standard InChI is InChI=1S/C17H13ClF6N2O3/c1-15(2)6-7-9(18)4-8(16(19,20)21)12(13(7)29-15)26-11(27)5-10(17(22,23)24)25(3)14(26)28/h4-5H,6H2,1-3H3. The Morgan fingerprint density at radius 2 is 1.66 bits per heavy atom. The summed E-state index contributed by atoms with van der Waals surface area (Å²) in [5.74, 6) is -0.464. The number of ether oxygens (including phenoxy) is 1. The van der Waals surface area contributed by atoms with Gasteiger partial charge in [-0.2, -0.15) is 26.3 Å². The molecule has 0 spiro atoms. The van der Waals surface area contributed by atoms with Crippen LogP contribution in [0.5, 0.6) is 5.75 Å². The lowest BCUT2D eigenvalue weighted by Crippen LogP contribution is -2.41. The van der Waals surface area contributed by atoms with Crippen LogP contribution < -0.4 is 16.0 Å². The second-order valence-electron chi connectivity index (χ2n) is 7.14. The monoisotopic (exact) mass is 442 g/mol. The quantitative estimate of drug-likeness (QED) is 0.629. The fourth-order valence-electron chi connectivity index (χ4n) is 3.21. The van der Waals surface area contributed by atoms with Crippen LogP contribution >= 0.6 is 11.6 Å². The first kappa shape index (κ1) is 21.3. The Hall–Kier alpha value is -2.43. The Morgan fingerprint density at radius 3 is 2.17 bits per heavy atom. The summed E-state index contributed by atoms with van der Waals surface area (Å²) in [6.45, 7) is 3.10. The lowest BCUT2D eigenvalue weighted by atomic mass is 9.99. The van der Waals surface area contributed by atoms with Crippen LogP contribution in [0.2, 0.25) is 5.02 Å². The summed E-state index contributed by atoms with van der Waals surface area (Å²) in [5, 5.41) is -0.293. The van der Waals surface area contributed by atoms with E-state index in [2.05, 4.69) is 0 Å². The molecule has 0 bridgehead atoms. The predicted molar refractivity (Wildman–Crippen MR) is 90.7 cm³/mol. The van der Waals surface area contributed by atoms with Gasteiger partial charge >= 0.3 is 18.0 Å². The summed E-state index contributed by atoms with van der Waals surface area (Å²) in [6, 6.07) is 0.590. The Balaban J connectivity index is 2.48. The zero-order chi connectivity index (χ0) is 22.1. The molecule has 29 heavy (non-hydrogen) atoms. The molecule has 1 aliphatic rings. The smallest absolute Gasteiger partial charge is 0.431 e. The minimum Gasteiger partial charge on any atom is -0.485 e. The number of nitrogens with zero attached hydrogens (tertiary/aromatic N) is 2. The van der Waals surface area contributed by atoms with Gasteiger partial charge in [-0.05, 0) is 19.9 Å². The Labute approximate surface area is 164 Å². The van der Waals surface area contributed by atoms with E-state index in [9.17, 15) is 35.9 Å². The van der Waals surface area contributed by atoms with Gasteiger partial charge in [0.2, 0.25) is 0 Å². The summed E-state index contributed by atoms with van der Waals surface area (Å²) in [4.78, 5) is 24.9. The van der Waals surface area contributed by atoms with Crippen molar-refractivity contribution < 1.29 is 31.1 Å². The molecule has 2 aromatic rings. The van der Waals surface area contributed by atoms with Crippen molar-refractivity contribution in [3.8, 4) is 11.4 Å². The van der Waals surface area contributed by atoms with Crippen LogP contribution in [0.25, 0.3) is 5.69 Å². The molecule has 0 saturated carbocycles. The maximum atomic E-state index is 13.7. The van der Waals surface area contributed by atoms with Gasteiger partial charge in [-0.25, -0.2) is 9.36 Å². The van der Waals surface area contributed by atoms with Crippen molar-refractivity contribution in [1.82, 2.24) is 9.13 Å². The summed E-state index contributed by atoms with van der Waals surface area (Å²) in [5.41, 5.74) is -8.12. The average Bonchev–Trinajstić information content (AvgIpc) is 2.86. The minimum atomic E-state index is -5.07. The zero-order valence-electron chi connectivity index (χ0n) is 15.1. The highest BCUT2D eigenvalue weighted by molar-refractivity contribution is 6.31. The lowest BCUT2D eigenvalue weighted by Gasteiger charge is -2.21. The third kappa shape index (κ3) is 3.52.